The van der Waals surface area contributed by atoms with Gasteiger partial charge in [0.05, 0.1) is 4.88 Å². The smallest absolute Gasteiger partial charge is 0.258 e. The van der Waals surface area contributed by atoms with Crippen molar-refractivity contribution in [2.75, 3.05) is 0 Å². The van der Waals surface area contributed by atoms with Crippen molar-refractivity contribution in [3.8, 4) is 0 Å². The molecule has 4 N–H and O–H groups in total. The highest BCUT2D eigenvalue weighted by Crippen LogP contribution is 2.17. The first-order chi connectivity index (χ1) is 6.09. The van der Waals surface area contributed by atoms with Crippen molar-refractivity contribution in [3.05, 3.63) is 21.9 Å². The lowest BCUT2D eigenvalue weighted by molar-refractivity contribution is 0.100. The molecular formula is C9H14N2OS. The third-order valence-corrected chi connectivity index (χ3v) is 2.91. The first-order valence-electron chi connectivity index (χ1n) is 4.23. The lowest BCUT2D eigenvalue weighted by Gasteiger charge is -2.01. The van der Waals surface area contributed by atoms with E-state index in [9.17, 15) is 4.79 Å². The number of hydrogen-bond donors (Lipinski definition) is 2. The Balaban J connectivity index is 2.54. The van der Waals surface area contributed by atoms with Crippen LogP contribution >= 0.6 is 11.3 Å². The molecule has 13 heavy (non-hydrogen) atoms. The molecule has 1 atom stereocenters. The van der Waals surface area contributed by atoms with Crippen LogP contribution in [0.15, 0.2) is 12.1 Å². The van der Waals surface area contributed by atoms with Gasteiger partial charge >= 0.3 is 0 Å². The fourth-order valence-corrected chi connectivity index (χ4v) is 1.89. The van der Waals surface area contributed by atoms with Gasteiger partial charge in [-0.1, -0.05) is 0 Å². The molecule has 1 heterocycles. The fraction of sp³-hybridized carbons (Fsp3) is 0.444. The van der Waals surface area contributed by atoms with Crippen LogP contribution in [-0.2, 0) is 6.42 Å². The SMILES string of the molecule is CC(N)CCc1ccc(C(N)=O)s1. The second-order valence-electron chi connectivity index (χ2n) is 3.15. The van der Waals surface area contributed by atoms with Crippen LogP contribution in [0.4, 0.5) is 0 Å². The summed E-state index contributed by atoms with van der Waals surface area (Å²) >= 11 is 1.45. The van der Waals surface area contributed by atoms with Gasteiger partial charge in [0, 0.05) is 10.9 Å². The average molecular weight is 198 g/mol. The predicted octanol–water partition coefficient (Wildman–Crippen LogP) is 1.13. The van der Waals surface area contributed by atoms with Crippen molar-refractivity contribution in [1.29, 1.82) is 0 Å². The molecule has 0 aromatic carbocycles. The Morgan fingerprint density at radius 1 is 1.62 bits per heavy atom. The third-order valence-electron chi connectivity index (χ3n) is 1.75. The maximum Gasteiger partial charge on any atom is 0.258 e. The molecule has 0 aliphatic rings. The van der Waals surface area contributed by atoms with E-state index in [0.29, 0.717) is 4.88 Å². The molecule has 0 bridgehead atoms. The van der Waals surface area contributed by atoms with Crippen molar-refractivity contribution < 1.29 is 4.79 Å². The van der Waals surface area contributed by atoms with Gasteiger partial charge in [-0.25, -0.2) is 0 Å². The summed E-state index contributed by atoms with van der Waals surface area (Å²) in [5.41, 5.74) is 10.7. The van der Waals surface area contributed by atoms with Crippen LogP contribution in [0.3, 0.4) is 0 Å². The molecule has 0 saturated heterocycles. The molecule has 3 nitrogen and oxygen atoms in total. The monoisotopic (exact) mass is 198 g/mol. The second kappa shape index (κ2) is 4.39. The summed E-state index contributed by atoms with van der Waals surface area (Å²) in [6.45, 7) is 1.97. The number of carbonyl (C=O) groups excluding carboxylic acids is 1. The largest absolute Gasteiger partial charge is 0.365 e. The molecule has 1 amide bonds. The van der Waals surface area contributed by atoms with Crippen LogP contribution in [0, 0.1) is 0 Å². The summed E-state index contributed by atoms with van der Waals surface area (Å²) in [6, 6.07) is 3.91. The van der Waals surface area contributed by atoms with Crippen molar-refractivity contribution in [3.63, 3.8) is 0 Å². The summed E-state index contributed by atoms with van der Waals surface area (Å²) in [4.78, 5) is 12.6. The Morgan fingerprint density at radius 2 is 2.31 bits per heavy atom. The van der Waals surface area contributed by atoms with Gasteiger partial charge in [0.15, 0.2) is 0 Å². The molecule has 0 aliphatic heterocycles. The van der Waals surface area contributed by atoms with Crippen LogP contribution < -0.4 is 11.5 Å². The Bertz CT molecular complexity index is 294. The summed E-state index contributed by atoms with van der Waals surface area (Å²) in [6.07, 6.45) is 1.87. The van der Waals surface area contributed by atoms with Crippen LogP contribution in [-0.4, -0.2) is 11.9 Å². The van der Waals surface area contributed by atoms with Crippen molar-refractivity contribution in [1.82, 2.24) is 0 Å². The van der Waals surface area contributed by atoms with Crippen molar-refractivity contribution in [2.24, 2.45) is 11.5 Å². The molecule has 1 unspecified atom stereocenters. The number of nitrogens with two attached hydrogens (primary N) is 2. The summed E-state index contributed by atoms with van der Waals surface area (Å²) < 4.78 is 0. The quantitative estimate of drug-likeness (QED) is 0.761. The number of primary amides is 1. The maximum absolute atomic E-state index is 10.8. The number of aryl methyl sites for hydroxylation is 1. The molecule has 1 rings (SSSR count). The van der Waals surface area contributed by atoms with E-state index in [4.69, 9.17) is 11.5 Å². The molecule has 1 aromatic heterocycles. The lowest BCUT2D eigenvalue weighted by Crippen LogP contribution is -2.14. The van der Waals surface area contributed by atoms with Gasteiger partial charge in [0.1, 0.15) is 0 Å². The van der Waals surface area contributed by atoms with Gasteiger partial charge in [-0.3, -0.25) is 4.79 Å². The molecular weight excluding hydrogens is 184 g/mol. The number of carbonyl (C=O) groups is 1. The zero-order chi connectivity index (χ0) is 9.84. The Kier molecular flexibility index (Phi) is 3.45. The zero-order valence-corrected chi connectivity index (χ0v) is 8.43. The standard InChI is InChI=1S/C9H14N2OS/c1-6(10)2-3-7-4-5-8(13-7)9(11)12/h4-6H,2-3,10H2,1H3,(H2,11,12). The van der Waals surface area contributed by atoms with Crippen LogP contribution in [0.1, 0.15) is 27.9 Å². The summed E-state index contributed by atoms with van der Waals surface area (Å²) in [5.74, 6) is -0.350. The number of hydrogen-bond acceptors (Lipinski definition) is 3. The number of amides is 1. The van der Waals surface area contributed by atoms with E-state index in [1.807, 2.05) is 13.0 Å². The normalized spacial score (nSPS) is 12.8. The second-order valence-corrected chi connectivity index (χ2v) is 4.31. The van der Waals surface area contributed by atoms with Gasteiger partial charge in [0.2, 0.25) is 0 Å². The van der Waals surface area contributed by atoms with Gasteiger partial charge in [-0.2, -0.15) is 0 Å². The van der Waals surface area contributed by atoms with E-state index >= 15 is 0 Å². The molecule has 1 aromatic rings. The highest BCUT2D eigenvalue weighted by atomic mass is 32.1. The Morgan fingerprint density at radius 3 is 2.77 bits per heavy atom. The van der Waals surface area contributed by atoms with E-state index in [0.717, 1.165) is 12.8 Å². The average Bonchev–Trinajstić information content (AvgIpc) is 2.48. The van der Waals surface area contributed by atoms with E-state index in [-0.39, 0.29) is 11.9 Å². The molecule has 0 spiro atoms. The Labute approximate surface area is 81.7 Å². The van der Waals surface area contributed by atoms with Gasteiger partial charge < -0.3 is 11.5 Å². The minimum atomic E-state index is -0.350. The lowest BCUT2D eigenvalue weighted by atomic mass is 10.2. The van der Waals surface area contributed by atoms with Gasteiger partial charge in [-0.05, 0) is 31.9 Å². The van der Waals surface area contributed by atoms with E-state index < -0.39 is 0 Å². The van der Waals surface area contributed by atoms with Crippen LogP contribution in [0.25, 0.3) is 0 Å². The molecule has 0 aliphatic carbocycles. The molecule has 0 fully saturated rings. The third kappa shape index (κ3) is 3.16. The first-order valence-corrected chi connectivity index (χ1v) is 5.05. The topological polar surface area (TPSA) is 69.1 Å². The zero-order valence-electron chi connectivity index (χ0n) is 7.62. The highest BCUT2D eigenvalue weighted by Gasteiger charge is 2.05. The highest BCUT2D eigenvalue weighted by molar-refractivity contribution is 7.14. The fourth-order valence-electron chi connectivity index (χ4n) is 1.01. The van der Waals surface area contributed by atoms with Crippen molar-refractivity contribution in [2.45, 2.75) is 25.8 Å². The maximum atomic E-state index is 10.8. The number of thiophene rings is 1. The van der Waals surface area contributed by atoms with E-state index in [1.54, 1.807) is 6.07 Å². The predicted molar refractivity (Wildman–Crippen MR) is 54.8 cm³/mol. The molecule has 72 valence electrons. The Hall–Kier alpha value is -0.870. The molecule has 4 heteroatoms. The summed E-state index contributed by atoms with van der Waals surface area (Å²) in [5, 5.41) is 0. The van der Waals surface area contributed by atoms with Crippen LogP contribution in [0.2, 0.25) is 0 Å². The van der Waals surface area contributed by atoms with Gasteiger partial charge in [0.25, 0.3) is 5.91 Å². The van der Waals surface area contributed by atoms with Gasteiger partial charge in [-0.15, -0.1) is 11.3 Å². The van der Waals surface area contributed by atoms with E-state index in [2.05, 4.69) is 0 Å². The minimum absolute atomic E-state index is 0.208. The van der Waals surface area contributed by atoms with Crippen molar-refractivity contribution >= 4 is 17.2 Å². The van der Waals surface area contributed by atoms with Crippen LogP contribution in [0.5, 0.6) is 0 Å². The summed E-state index contributed by atoms with van der Waals surface area (Å²) in [7, 11) is 0. The minimum Gasteiger partial charge on any atom is -0.365 e. The number of rotatable bonds is 4. The van der Waals surface area contributed by atoms with E-state index in [1.165, 1.54) is 16.2 Å². The molecule has 0 radical (unpaired) electrons. The molecule has 0 saturated carbocycles. The first kappa shape index (κ1) is 10.2.